The number of para-hydroxylation sites is 1. The molecule has 0 radical (unpaired) electrons. The highest BCUT2D eigenvalue weighted by atomic mass is 79.9. The van der Waals surface area contributed by atoms with Crippen molar-refractivity contribution in [2.75, 3.05) is 4.90 Å². The van der Waals surface area contributed by atoms with E-state index in [0.717, 1.165) is 11.3 Å². The van der Waals surface area contributed by atoms with Gasteiger partial charge in [0.2, 0.25) is 5.91 Å². The molecular weight excluding hydrogens is 316 g/mol. The summed E-state index contributed by atoms with van der Waals surface area (Å²) in [5, 5.41) is 0. The molecule has 3 nitrogen and oxygen atoms in total. The van der Waals surface area contributed by atoms with Crippen LogP contribution < -0.4 is 10.6 Å². The van der Waals surface area contributed by atoms with Crippen molar-refractivity contribution in [1.82, 2.24) is 0 Å². The number of halogens is 1. The van der Waals surface area contributed by atoms with Gasteiger partial charge in [0.05, 0.1) is 0 Å². The van der Waals surface area contributed by atoms with Crippen molar-refractivity contribution in [3.05, 3.63) is 29.8 Å². The Balaban J connectivity index is 0.00000147. The number of hydrogen-bond donors (Lipinski definition) is 1. The van der Waals surface area contributed by atoms with Crippen molar-refractivity contribution < 1.29 is 4.79 Å². The van der Waals surface area contributed by atoms with Crippen molar-refractivity contribution in [3.63, 3.8) is 0 Å². The molecule has 2 N–H and O–H groups in total. The Morgan fingerprint density at radius 1 is 1.35 bits per heavy atom. The van der Waals surface area contributed by atoms with E-state index in [0.29, 0.717) is 18.3 Å². The van der Waals surface area contributed by atoms with Gasteiger partial charge in [-0.25, -0.2) is 0 Å². The number of benzene rings is 1. The number of nitrogens with zero attached hydrogens (tertiary/aromatic N) is 1. The molecule has 1 aromatic rings. The lowest BCUT2D eigenvalue weighted by molar-refractivity contribution is -0.119. The molecule has 4 heteroatoms. The highest BCUT2D eigenvalue weighted by molar-refractivity contribution is 8.93. The molecule has 0 aromatic heterocycles. The first kappa shape index (κ1) is 15.5. The molecular formula is C16H23BrN2O. The van der Waals surface area contributed by atoms with Gasteiger partial charge in [0.25, 0.3) is 0 Å². The Kier molecular flexibility index (Phi) is 4.55. The Morgan fingerprint density at radius 3 is 2.60 bits per heavy atom. The van der Waals surface area contributed by atoms with Crippen LogP contribution in [0.4, 0.5) is 5.69 Å². The van der Waals surface area contributed by atoms with E-state index in [1.165, 1.54) is 12.8 Å². The van der Waals surface area contributed by atoms with Crippen molar-refractivity contribution in [2.45, 2.75) is 45.2 Å². The Bertz CT molecular complexity index is 501. The number of amides is 1. The molecule has 1 heterocycles. The third-order valence-corrected chi connectivity index (χ3v) is 4.63. The van der Waals surface area contributed by atoms with E-state index >= 15 is 0 Å². The van der Waals surface area contributed by atoms with Crippen LogP contribution in [-0.2, 0) is 4.79 Å². The fourth-order valence-corrected chi connectivity index (χ4v) is 3.43. The number of rotatable bonds is 2. The van der Waals surface area contributed by atoms with Gasteiger partial charge in [-0.05, 0) is 36.3 Å². The van der Waals surface area contributed by atoms with E-state index in [9.17, 15) is 4.79 Å². The standard InChI is InChI=1S/C16H22N2O.BrH/c1-3-14(19)18-13-7-5-4-6-12(13)15(17)10(2)16(18)11-8-9-11;/h4-7,10-11,15-16H,3,8-9,17H2,1-2H3;1H/t10-,15-,16-;/m1./s1. The average molecular weight is 339 g/mol. The number of hydrogen-bond acceptors (Lipinski definition) is 2. The van der Waals surface area contributed by atoms with E-state index < -0.39 is 0 Å². The van der Waals surface area contributed by atoms with Crippen LogP contribution in [0.2, 0.25) is 0 Å². The van der Waals surface area contributed by atoms with Crippen LogP contribution in [0.3, 0.4) is 0 Å². The number of nitrogens with two attached hydrogens (primary N) is 1. The van der Waals surface area contributed by atoms with Gasteiger partial charge >= 0.3 is 0 Å². The zero-order valence-electron chi connectivity index (χ0n) is 12.1. The number of fused-ring (bicyclic) bond motifs is 1. The molecule has 1 aromatic carbocycles. The minimum atomic E-state index is 0. The lowest BCUT2D eigenvalue weighted by Gasteiger charge is -2.44. The second-order valence-corrected chi connectivity index (χ2v) is 5.89. The molecule has 3 rings (SSSR count). The topological polar surface area (TPSA) is 46.3 Å². The van der Waals surface area contributed by atoms with E-state index in [1.54, 1.807) is 0 Å². The van der Waals surface area contributed by atoms with Crippen LogP contribution in [0, 0.1) is 11.8 Å². The molecule has 1 fully saturated rings. The fraction of sp³-hybridized carbons (Fsp3) is 0.562. The molecule has 1 amide bonds. The zero-order chi connectivity index (χ0) is 13.6. The molecule has 0 bridgehead atoms. The van der Waals surface area contributed by atoms with Gasteiger partial charge < -0.3 is 10.6 Å². The maximum absolute atomic E-state index is 12.4. The van der Waals surface area contributed by atoms with Crippen molar-refractivity contribution in [3.8, 4) is 0 Å². The van der Waals surface area contributed by atoms with E-state index in [2.05, 4.69) is 13.0 Å². The largest absolute Gasteiger partial charge is 0.324 e. The first-order valence-electron chi connectivity index (χ1n) is 7.31. The summed E-state index contributed by atoms with van der Waals surface area (Å²) in [6.45, 7) is 4.13. The summed E-state index contributed by atoms with van der Waals surface area (Å²) in [5.74, 6) is 1.20. The molecule has 2 aliphatic rings. The van der Waals surface area contributed by atoms with Gasteiger partial charge in [0.15, 0.2) is 0 Å². The van der Waals surface area contributed by atoms with Crippen LogP contribution in [0.1, 0.15) is 44.7 Å². The summed E-state index contributed by atoms with van der Waals surface area (Å²) in [5.41, 5.74) is 8.57. The van der Waals surface area contributed by atoms with Crippen LogP contribution in [0.5, 0.6) is 0 Å². The minimum absolute atomic E-state index is 0. The van der Waals surface area contributed by atoms with Crippen LogP contribution in [-0.4, -0.2) is 11.9 Å². The van der Waals surface area contributed by atoms with E-state index in [1.807, 2.05) is 30.0 Å². The van der Waals surface area contributed by atoms with Crippen LogP contribution >= 0.6 is 17.0 Å². The second kappa shape index (κ2) is 5.86. The van der Waals surface area contributed by atoms with Gasteiger partial charge in [-0.1, -0.05) is 32.0 Å². The SMILES string of the molecule is Br.CCC(=O)N1c2ccccc2[C@H](N)[C@@H](C)[C@@H]1C1CC1. The maximum Gasteiger partial charge on any atom is 0.226 e. The van der Waals surface area contributed by atoms with Gasteiger partial charge in [0.1, 0.15) is 0 Å². The van der Waals surface area contributed by atoms with E-state index in [4.69, 9.17) is 5.73 Å². The molecule has 0 saturated heterocycles. The second-order valence-electron chi connectivity index (χ2n) is 5.89. The van der Waals surface area contributed by atoms with Crippen LogP contribution in [0.15, 0.2) is 24.3 Å². The lowest BCUT2D eigenvalue weighted by Crippen LogP contribution is -2.52. The number of anilines is 1. The fourth-order valence-electron chi connectivity index (χ4n) is 3.43. The smallest absolute Gasteiger partial charge is 0.226 e. The average Bonchev–Trinajstić information content (AvgIpc) is 3.26. The molecule has 3 atom stereocenters. The highest BCUT2D eigenvalue weighted by Crippen LogP contribution is 2.48. The normalized spacial score (nSPS) is 28.6. The van der Waals surface area contributed by atoms with Gasteiger partial charge in [-0.2, -0.15) is 0 Å². The maximum atomic E-state index is 12.4. The lowest BCUT2D eigenvalue weighted by atomic mass is 9.80. The van der Waals surface area contributed by atoms with Crippen molar-refractivity contribution in [1.29, 1.82) is 0 Å². The summed E-state index contributed by atoms with van der Waals surface area (Å²) >= 11 is 0. The molecule has 0 spiro atoms. The quantitative estimate of drug-likeness (QED) is 0.897. The summed E-state index contributed by atoms with van der Waals surface area (Å²) in [6, 6.07) is 8.46. The molecule has 0 unspecified atom stereocenters. The molecule has 1 saturated carbocycles. The van der Waals surface area contributed by atoms with E-state index in [-0.39, 0.29) is 35.0 Å². The third-order valence-electron chi connectivity index (χ3n) is 4.63. The predicted octanol–water partition coefficient (Wildman–Crippen LogP) is 3.44. The first-order chi connectivity index (χ1) is 9.15. The summed E-state index contributed by atoms with van der Waals surface area (Å²) < 4.78 is 0. The molecule has 1 aliphatic heterocycles. The molecule has 1 aliphatic carbocycles. The van der Waals surface area contributed by atoms with Gasteiger partial charge in [-0.3, -0.25) is 4.79 Å². The Morgan fingerprint density at radius 2 is 2.00 bits per heavy atom. The first-order valence-corrected chi connectivity index (χ1v) is 7.31. The van der Waals surface area contributed by atoms with Gasteiger partial charge in [0, 0.05) is 24.2 Å². The zero-order valence-corrected chi connectivity index (χ0v) is 13.8. The van der Waals surface area contributed by atoms with Gasteiger partial charge in [-0.15, -0.1) is 17.0 Å². The monoisotopic (exact) mass is 338 g/mol. The van der Waals surface area contributed by atoms with Crippen molar-refractivity contribution >= 4 is 28.6 Å². The van der Waals surface area contributed by atoms with Crippen LogP contribution in [0.25, 0.3) is 0 Å². The summed E-state index contributed by atoms with van der Waals surface area (Å²) in [4.78, 5) is 14.5. The molecule has 110 valence electrons. The minimum Gasteiger partial charge on any atom is -0.324 e. The Hall–Kier alpha value is -0.870. The molecule has 20 heavy (non-hydrogen) atoms. The van der Waals surface area contributed by atoms with Crippen molar-refractivity contribution in [2.24, 2.45) is 17.6 Å². The number of carbonyl (C=O) groups is 1. The highest BCUT2D eigenvalue weighted by Gasteiger charge is 2.46. The summed E-state index contributed by atoms with van der Waals surface area (Å²) in [6.07, 6.45) is 3.02. The third kappa shape index (κ3) is 2.40. The predicted molar refractivity (Wildman–Crippen MR) is 87.1 cm³/mol. The summed E-state index contributed by atoms with van der Waals surface area (Å²) in [7, 11) is 0. The number of carbonyl (C=O) groups excluding carboxylic acids is 1. The Labute approximate surface area is 131 Å².